The molecule has 1 heterocycles. The molecule has 0 aliphatic carbocycles. The second kappa shape index (κ2) is 4.18. The number of thioether (sulfide) groups is 1. The van der Waals surface area contributed by atoms with Crippen molar-refractivity contribution in [1.29, 1.82) is 0 Å². The van der Waals surface area contributed by atoms with E-state index >= 15 is 0 Å². The van der Waals surface area contributed by atoms with E-state index < -0.39 is 12.3 Å². The van der Waals surface area contributed by atoms with Crippen molar-refractivity contribution in [3.05, 3.63) is 24.3 Å². The Hall–Kier alpha value is -1.10. The number of rotatable bonds is 1. The van der Waals surface area contributed by atoms with Crippen molar-refractivity contribution >= 4 is 23.4 Å². The van der Waals surface area contributed by atoms with Crippen molar-refractivity contribution < 1.29 is 13.6 Å². The second-order valence-corrected chi connectivity index (χ2v) is 4.24. The number of carbonyl (C=O) groups is 1. The molecule has 0 aromatic heterocycles. The van der Waals surface area contributed by atoms with Crippen LogP contribution in [0.2, 0.25) is 0 Å². The lowest BCUT2D eigenvalue weighted by atomic mass is 10.2. The minimum absolute atomic E-state index is 0.352. The predicted octanol–water partition coefficient (Wildman–Crippen LogP) is 2.39. The highest BCUT2D eigenvalue weighted by molar-refractivity contribution is 7.99. The van der Waals surface area contributed by atoms with Crippen molar-refractivity contribution in [1.82, 2.24) is 0 Å². The van der Waals surface area contributed by atoms with Crippen LogP contribution in [0.1, 0.15) is 0 Å². The first-order chi connectivity index (χ1) is 7.20. The predicted molar refractivity (Wildman–Crippen MR) is 55.5 cm³/mol. The summed E-state index contributed by atoms with van der Waals surface area (Å²) < 4.78 is 24.6. The molecule has 2 nitrogen and oxygen atoms in total. The summed E-state index contributed by atoms with van der Waals surface area (Å²) in [7, 11) is 0. The number of anilines is 1. The maximum Gasteiger partial charge on any atom is 0.316 e. The van der Waals surface area contributed by atoms with E-state index in [9.17, 15) is 13.6 Å². The first kappa shape index (κ1) is 10.4. The van der Waals surface area contributed by atoms with Gasteiger partial charge in [-0.2, -0.15) is 8.78 Å². The highest BCUT2D eigenvalue weighted by atomic mass is 32.2. The van der Waals surface area contributed by atoms with Gasteiger partial charge in [0.05, 0.1) is 5.69 Å². The highest BCUT2D eigenvalue weighted by Gasteiger charge is 2.28. The topological polar surface area (TPSA) is 20.3 Å². The molecule has 2 rings (SSSR count). The summed E-state index contributed by atoms with van der Waals surface area (Å²) in [5, 5.41) is 0. The quantitative estimate of drug-likeness (QED) is 0.737. The molecule has 0 bridgehead atoms. The zero-order chi connectivity index (χ0) is 10.8. The molecular weight excluding hydrogens is 220 g/mol. The Bertz CT molecular complexity index is 383. The molecule has 0 unspecified atom stereocenters. The molecule has 0 fully saturated rings. The van der Waals surface area contributed by atoms with E-state index in [1.165, 1.54) is 0 Å². The summed E-state index contributed by atoms with van der Waals surface area (Å²) >= 11 is 1.58. The zero-order valence-corrected chi connectivity index (χ0v) is 8.64. The van der Waals surface area contributed by atoms with E-state index in [1.54, 1.807) is 23.9 Å². The average Bonchev–Trinajstić information content (AvgIpc) is 2.27. The lowest BCUT2D eigenvalue weighted by molar-refractivity contribution is -0.128. The highest BCUT2D eigenvalue weighted by Crippen LogP contribution is 2.34. The first-order valence-electron chi connectivity index (χ1n) is 4.51. The van der Waals surface area contributed by atoms with E-state index in [2.05, 4.69) is 0 Å². The van der Waals surface area contributed by atoms with Crippen LogP contribution in [0.3, 0.4) is 0 Å². The van der Waals surface area contributed by atoms with E-state index in [-0.39, 0.29) is 0 Å². The number of halogens is 2. The first-order valence-corrected chi connectivity index (χ1v) is 5.50. The van der Waals surface area contributed by atoms with Gasteiger partial charge in [0.15, 0.2) is 0 Å². The number of hydrogen-bond acceptors (Lipinski definition) is 2. The molecule has 1 aromatic rings. The van der Waals surface area contributed by atoms with Gasteiger partial charge in [-0.15, -0.1) is 11.8 Å². The minimum Gasteiger partial charge on any atom is -0.305 e. The fourth-order valence-corrected chi connectivity index (χ4v) is 2.51. The van der Waals surface area contributed by atoms with Crippen LogP contribution in [0.5, 0.6) is 0 Å². The number of nitrogens with zero attached hydrogens (tertiary/aromatic N) is 1. The van der Waals surface area contributed by atoms with Gasteiger partial charge >= 0.3 is 6.43 Å². The Morgan fingerprint density at radius 1 is 1.40 bits per heavy atom. The average molecular weight is 229 g/mol. The normalized spacial score (nSPS) is 15.3. The molecule has 0 spiro atoms. The third-order valence-electron chi connectivity index (χ3n) is 2.18. The number of benzene rings is 1. The molecule has 0 saturated carbocycles. The third-order valence-corrected chi connectivity index (χ3v) is 3.22. The maximum atomic E-state index is 12.3. The molecule has 1 aromatic carbocycles. The van der Waals surface area contributed by atoms with Crippen molar-refractivity contribution in [3.8, 4) is 0 Å². The minimum atomic E-state index is -2.93. The molecule has 1 aliphatic heterocycles. The fourth-order valence-electron chi connectivity index (χ4n) is 1.52. The van der Waals surface area contributed by atoms with Crippen LogP contribution in [-0.2, 0) is 4.79 Å². The standard InChI is InChI=1S/C10H9F2NOS/c11-9(12)10(14)13-5-6-15-8-4-2-1-3-7(8)13/h1-4,9H,5-6H2. The number of para-hydroxylation sites is 1. The summed E-state index contributed by atoms with van der Waals surface area (Å²) in [6.45, 7) is 0.352. The molecule has 1 aliphatic rings. The summed E-state index contributed by atoms with van der Waals surface area (Å²) in [6, 6.07) is 7.12. The monoisotopic (exact) mass is 229 g/mol. The zero-order valence-electron chi connectivity index (χ0n) is 7.82. The van der Waals surface area contributed by atoms with Gasteiger partial charge in [-0.3, -0.25) is 4.79 Å². The molecule has 0 radical (unpaired) electrons. The second-order valence-electron chi connectivity index (χ2n) is 3.11. The fraction of sp³-hybridized carbons (Fsp3) is 0.300. The Labute approximate surface area is 90.3 Å². The molecule has 0 saturated heterocycles. The van der Waals surface area contributed by atoms with Crippen molar-refractivity contribution in [3.63, 3.8) is 0 Å². The number of carbonyl (C=O) groups excluding carboxylic acids is 1. The number of fused-ring (bicyclic) bond motifs is 1. The SMILES string of the molecule is O=C(C(F)F)N1CCSc2ccccc21. The maximum absolute atomic E-state index is 12.3. The van der Waals surface area contributed by atoms with E-state index in [0.29, 0.717) is 18.0 Å². The molecule has 0 atom stereocenters. The summed E-state index contributed by atoms with van der Waals surface area (Å²) in [6.07, 6.45) is -2.93. The Morgan fingerprint density at radius 2 is 2.13 bits per heavy atom. The lowest BCUT2D eigenvalue weighted by Gasteiger charge is -2.28. The van der Waals surface area contributed by atoms with Crippen LogP contribution in [0.15, 0.2) is 29.2 Å². The molecule has 5 heteroatoms. The Morgan fingerprint density at radius 3 is 2.87 bits per heavy atom. The van der Waals surface area contributed by atoms with E-state index in [0.717, 1.165) is 9.80 Å². The van der Waals surface area contributed by atoms with Crippen LogP contribution in [0.4, 0.5) is 14.5 Å². The van der Waals surface area contributed by atoms with E-state index in [1.807, 2.05) is 12.1 Å². The number of amides is 1. The van der Waals surface area contributed by atoms with Crippen LogP contribution >= 0.6 is 11.8 Å². The smallest absolute Gasteiger partial charge is 0.305 e. The molecule has 80 valence electrons. The van der Waals surface area contributed by atoms with Gasteiger partial charge in [-0.05, 0) is 12.1 Å². The summed E-state index contributed by atoms with van der Waals surface area (Å²) in [4.78, 5) is 13.3. The molecule has 15 heavy (non-hydrogen) atoms. The van der Waals surface area contributed by atoms with E-state index in [4.69, 9.17) is 0 Å². The van der Waals surface area contributed by atoms with Crippen molar-refractivity contribution in [2.45, 2.75) is 11.3 Å². The van der Waals surface area contributed by atoms with Gasteiger partial charge in [0, 0.05) is 17.2 Å². The Balaban J connectivity index is 2.34. The van der Waals surface area contributed by atoms with Gasteiger partial charge in [0.25, 0.3) is 5.91 Å². The third kappa shape index (κ3) is 1.97. The molecule has 0 N–H and O–H groups in total. The largest absolute Gasteiger partial charge is 0.316 e. The Kier molecular flexibility index (Phi) is 2.90. The van der Waals surface area contributed by atoms with Crippen LogP contribution < -0.4 is 4.90 Å². The van der Waals surface area contributed by atoms with Crippen LogP contribution in [0.25, 0.3) is 0 Å². The molecular formula is C10H9F2NOS. The number of hydrogen-bond donors (Lipinski definition) is 0. The number of alkyl halides is 2. The van der Waals surface area contributed by atoms with Gasteiger partial charge in [-0.1, -0.05) is 12.1 Å². The molecule has 1 amide bonds. The van der Waals surface area contributed by atoms with Gasteiger partial charge in [0.1, 0.15) is 0 Å². The van der Waals surface area contributed by atoms with Crippen molar-refractivity contribution in [2.75, 3.05) is 17.2 Å². The van der Waals surface area contributed by atoms with Crippen molar-refractivity contribution in [2.24, 2.45) is 0 Å². The summed E-state index contributed by atoms with van der Waals surface area (Å²) in [5.41, 5.74) is 0.596. The van der Waals surface area contributed by atoms with Gasteiger partial charge in [-0.25, -0.2) is 0 Å². The van der Waals surface area contributed by atoms with Crippen LogP contribution in [0, 0.1) is 0 Å². The van der Waals surface area contributed by atoms with Gasteiger partial charge < -0.3 is 4.90 Å². The summed E-state index contributed by atoms with van der Waals surface area (Å²) in [5.74, 6) is -0.446. The van der Waals surface area contributed by atoms with Gasteiger partial charge in [0.2, 0.25) is 0 Å². The van der Waals surface area contributed by atoms with Crippen LogP contribution in [-0.4, -0.2) is 24.6 Å². The lowest BCUT2D eigenvalue weighted by Crippen LogP contribution is -2.39.